The highest BCUT2D eigenvalue weighted by atomic mass is 15.0. The van der Waals surface area contributed by atoms with Crippen LogP contribution in [0.5, 0.6) is 0 Å². The van der Waals surface area contributed by atoms with Crippen LogP contribution in [0.25, 0.3) is 88.7 Å². The van der Waals surface area contributed by atoms with Gasteiger partial charge in [0.25, 0.3) is 0 Å². The number of benzene rings is 8. The number of aromatic nitrogens is 3. The van der Waals surface area contributed by atoms with Crippen molar-refractivity contribution in [2.75, 3.05) is 0 Å². The van der Waals surface area contributed by atoms with E-state index < -0.39 is 0 Å². The summed E-state index contributed by atoms with van der Waals surface area (Å²) in [5.74, 6) is 1.95. The quantitative estimate of drug-likeness (QED) is 0.194. The third kappa shape index (κ3) is 5.28. The van der Waals surface area contributed by atoms with Crippen LogP contribution in [-0.2, 0) is 0 Å². The van der Waals surface area contributed by atoms with Crippen molar-refractivity contribution in [3.05, 3.63) is 176 Å². The maximum absolute atomic E-state index is 5.10. The minimum Gasteiger partial charge on any atom is -0.208 e. The Balaban J connectivity index is 1.18. The van der Waals surface area contributed by atoms with Crippen molar-refractivity contribution in [3.63, 3.8) is 0 Å². The van der Waals surface area contributed by atoms with Crippen LogP contribution in [0.15, 0.2) is 176 Å². The predicted molar refractivity (Wildman–Crippen MR) is 200 cm³/mol. The molecule has 0 saturated carbocycles. The van der Waals surface area contributed by atoms with Crippen molar-refractivity contribution < 1.29 is 0 Å². The highest BCUT2D eigenvalue weighted by molar-refractivity contribution is 5.92. The molecule has 0 radical (unpaired) electrons. The summed E-state index contributed by atoms with van der Waals surface area (Å²) >= 11 is 0. The van der Waals surface area contributed by atoms with Crippen LogP contribution in [0.4, 0.5) is 0 Å². The van der Waals surface area contributed by atoms with Gasteiger partial charge < -0.3 is 0 Å². The van der Waals surface area contributed by atoms with Crippen molar-refractivity contribution in [1.29, 1.82) is 0 Å². The Morgan fingerprint density at radius 1 is 0.208 bits per heavy atom. The summed E-state index contributed by atoms with van der Waals surface area (Å²) in [6, 6.07) is 61.9. The van der Waals surface area contributed by atoms with Gasteiger partial charge in [0.2, 0.25) is 0 Å². The maximum Gasteiger partial charge on any atom is 0.164 e. The van der Waals surface area contributed by atoms with Gasteiger partial charge in [-0.3, -0.25) is 0 Å². The molecule has 0 amide bonds. The van der Waals surface area contributed by atoms with E-state index >= 15 is 0 Å². The van der Waals surface area contributed by atoms with Crippen LogP contribution >= 0.6 is 0 Å². The average molecular weight is 612 g/mol. The standard InChI is InChI=1S/C45H29N3/c1-3-9-30(10-4-1)35-19-20-38-27-40(24-21-37(38)25-35)44-46-43(39-22-16-32-13-7-8-14-34(32)26-39)47-45(48-44)41-23-17-33-15-18-36(28-42(33)29-41)31-11-5-2-6-12-31/h1-29H. The lowest BCUT2D eigenvalue weighted by Gasteiger charge is -2.11. The van der Waals surface area contributed by atoms with Crippen LogP contribution in [-0.4, -0.2) is 15.0 Å². The molecule has 9 rings (SSSR count). The highest BCUT2D eigenvalue weighted by Gasteiger charge is 2.14. The van der Waals surface area contributed by atoms with E-state index in [9.17, 15) is 0 Å². The summed E-state index contributed by atoms with van der Waals surface area (Å²) in [5.41, 5.74) is 7.64. The first-order chi connectivity index (χ1) is 23.7. The fourth-order valence-corrected chi connectivity index (χ4v) is 6.48. The number of rotatable bonds is 5. The Morgan fingerprint density at radius 2 is 0.521 bits per heavy atom. The van der Waals surface area contributed by atoms with E-state index in [4.69, 9.17) is 15.0 Å². The summed E-state index contributed by atoms with van der Waals surface area (Å²) in [5, 5.41) is 6.96. The third-order valence-electron chi connectivity index (χ3n) is 9.05. The van der Waals surface area contributed by atoms with E-state index in [2.05, 4.69) is 164 Å². The van der Waals surface area contributed by atoms with Gasteiger partial charge in [-0.25, -0.2) is 15.0 Å². The Kier molecular flexibility index (Phi) is 6.80. The zero-order valence-corrected chi connectivity index (χ0v) is 26.1. The van der Waals surface area contributed by atoms with Crippen molar-refractivity contribution >= 4 is 32.3 Å². The van der Waals surface area contributed by atoms with Gasteiger partial charge >= 0.3 is 0 Å². The lowest BCUT2D eigenvalue weighted by Crippen LogP contribution is -2.00. The molecular formula is C45H29N3. The second-order valence-electron chi connectivity index (χ2n) is 12.2. The first kappa shape index (κ1) is 27.8. The number of hydrogen-bond acceptors (Lipinski definition) is 3. The van der Waals surface area contributed by atoms with Crippen LogP contribution in [0.3, 0.4) is 0 Å². The summed E-state index contributed by atoms with van der Waals surface area (Å²) in [6.07, 6.45) is 0. The molecule has 8 aromatic carbocycles. The minimum absolute atomic E-state index is 0.648. The van der Waals surface area contributed by atoms with Crippen LogP contribution in [0.2, 0.25) is 0 Å². The zero-order chi connectivity index (χ0) is 31.9. The topological polar surface area (TPSA) is 38.7 Å². The monoisotopic (exact) mass is 611 g/mol. The molecule has 0 saturated heterocycles. The smallest absolute Gasteiger partial charge is 0.164 e. The van der Waals surface area contributed by atoms with E-state index in [1.165, 1.54) is 38.4 Å². The third-order valence-corrected chi connectivity index (χ3v) is 9.05. The Labute approximate surface area is 278 Å². The van der Waals surface area contributed by atoms with Gasteiger partial charge in [-0.1, -0.05) is 146 Å². The predicted octanol–water partition coefficient (Wildman–Crippen LogP) is 11.7. The lowest BCUT2D eigenvalue weighted by atomic mass is 9.99. The van der Waals surface area contributed by atoms with Crippen LogP contribution in [0.1, 0.15) is 0 Å². The Bertz CT molecular complexity index is 2610. The molecule has 1 aromatic heterocycles. The molecule has 1 heterocycles. The van der Waals surface area contributed by atoms with Gasteiger partial charge in [-0.05, 0) is 84.9 Å². The van der Waals surface area contributed by atoms with Gasteiger partial charge in [0.1, 0.15) is 0 Å². The average Bonchev–Trinajstić information content (AvgIpc) is 3.17. The minimum atomic E-state index is 0.648. The molecule has 0 spiro atoms. The molecule has 0 N–H and O–H groups in total. The molecule has 0 atom stereocenters. The van der Waals surface area contributed by atoms with Gasteiger partial charge in [-0.2, -0.15) is 0 Å². The maximum atomic E-state index is 5.10. The van der Waals surface area contributed by atoms with E-state index in [-0.39, 0.29) is 0 Å². The number of nitrogens with zero attached hydrogens (tertiary/aromatic N) is 3. The number of fused-ring (bicyclic) bond motifs is 3. The molecular weight excluding hydrogens is 583 g/mol. The van der Waals surface area contributed by atoms with Crippen molar-refractivity contribution in [1.82, 2.24) is 15.0 Å². The molecule has 224 valence electrons. The van der Waals surface area contributed by atoms with E-state index in [0.29, 0.717) is 17.5 Å². The van der Waals surface area contributed by atoms with Gasteiger partial charge in [0.15, 0.2) is 17.5 Å². The van der Waals surface area contributed by atoms with Crippen molar-refractivity contribution in [3.8, 4) is 56.4 Å². The summed E-state index contributed by atoms with van der Waals surface area (Å²) in [7, 11) is 0. The van der Waals surface area contributed by atoms with E-state index in [1.54, 1.807) is 0 Å². The van der Waals surface area contributed by atoms with Crippen LogP contribution < -0.4 is 0 Å². The fourth-order valence-electron chi connectivity index (χ4n) is 6.48. The van der Waals surface area contributed by atoms with Gasteiger partial charge in [-0.15, -0.1) is 0 Å². The van der Waals surface area contributed by atoms with Gasteiger partial charge in [0, 0.05) is 16.7 Å². The fraction of sp³-hybridized carbons (Fsp3) is 0. The lowest BCUT2D eigenvalue weighted by molar-refractivity contribution is 1.08. The first-order valence-electron chi connectivity index (χ1n) is 16.2. The summed E-state index contributed by atoms with van der Waals surface area (Å²) in [6.45, 7) is 0. The molecule has 0 fully saturated rings. The Morgan fingerprint density at radius 3 is 1.02 bits per heavy atom. The normalized spacial score (nSPS) is 11.3. The van der Waals surface area contributed by atoms with E-state index in [1.807, 2.05) is 12.1 Å². The Hall–Kier alpha value is -6.45. The molecule has 3 heteroatoms. The second-order valence-corrected chi connectivity index (χ2v) is 12.2. The largest absolute Gasteiger partial charge is 0.208 e. The van der Waals surface area contributed by atoms with E-state index in [0.717, 1.165) is 32.8 Å². The zero-order valence-electron chi connectivity index (χ0n) is 26.1. The molecule has 0 aliphatic rings. The molecule has 0 bridgehead atoms. The molecule has 3 nitrogen and oxygen atoms in total. The summed E-state index contributed by atoms with van der Waals surface area (Å²) in [4.78, 5) is 15.2. The van der Waals surface area contributed by atoms with Crippen molar-refractivity contribution in [2.45, 2.75) is 0 Å². The molecule has 48 heavy (non-hydrogen) atoms. The second kappa shape index (κ2) is 11.7. The van der Waals surface area contributed by atoms with Crippen LogP contribution in [0, 0.1) is 0 Å². The van der Waals surface area contributed by atoms with Gasteiger partial charge in [0.05, 0.1) is 0 Å². The summed E-state index contributed by atoms with van der Waals surface area (Å²) < 4.78 is 0. The first-order valence-corrected chi connectivity index (χ1v) is 16.2. The molecule has 0 aliphatic carbocycles. The molecule has 9 aromatic rings. The highest BCUT2D eigenvalue weighted by Crippen LogP contribution is 2.32. The SMILES string of the molecule is c1ccc(-c2ccc3cc(-c4nc(-c5ccc6ccccc6c5)nc(-c5ccc6ccc(-c7ccccc7)cc6c5)n4)ccc3c2)cc1. The van der Waals surface area contributed by atoms with Crippen molar-refractivity contribution in [2.24, 2.45) is 0 Å². The molecule has 0 unspecified atom stereocenters. The number of hydrogen-bond donors (Lipinski definition) is 0. The molecule has 0 aliphatic heterocycles.